The van der Waals surface area contributed by atoms with Gasteiger partial charge in [-0.1, -0.05) is 17.7 Å². The zero-order valence-electron chi connectivity index (χ0n) is 14.8. The monoisotopic (exact) mass is 388 g/mol. The van der Waals surface area contributed by atoms with Crippen LogP contribution in [0.4, 0.5) is 10.2 Å². The van der Waals surface area contributed by atoms with Crippen LogP contribution in [0.3, 0.4) is 0 Å². The highest BCUT2D eigenvalue weighted by Gasteiger charge is 2.24. The van der Waals surface area contributed by atoms with Gasteiger partial charge in [-0.25, -0.2) is 4.39 Å². The Balaban J connectivity index is 1.42. The van der Waals surface area contributed by atoms with Crippen LogP contribution < -0.4 is 4.90 Å². The van der Waals surface area contributed by atoms with Crippen LogP contribution in [0.15, 0.2) is 30.3 Å². The zero-order valence-corrected chi connectivity index (χ0v) is 15.5. The second kappa shape index (κ2) is 7.11. The fourth-order valence-corrected chi connectivity index (χ4v) is 3.43. The molecule has 2 aromatic heterocycles. The number of aromatic nitrogens is 4. The molecule has 3 heterocycles. The summed E-state index contributed by atoms with van der Waals surface area (Å²) in [4.78, 5) is 16.4. The summed E-state index contributed by atoms with van der Waals surface area (Å²) < 4.78 is 15.6. The standard InChI is InChI=1S/C18H18ClFN6O/c1-12-21-22-16-5-6-17(23-26(12)16)24-7-9-25(10-8-24)18(27)11-13-14(19)3-2-4-15(13)20/h2-6H,7-11H2,1H3. The SMILES string of the molecule is Cc1nnc2ccc(N3CCN(C(=O)Cc4c(F)cccc4Cl)CC3)nn12. The minimum absolute atomic E-state index is 0.0321. The molecular weight excluding hydrogens is 371 g/mol. The Bertz CT molecular complexity index is 978. The number of carbonyl (C=O) groups is 1. The van der Waals surface area contributed by atoms with Gasteiger partial charge in [0.1, 0.15) is 11.6 Å². The van der Waals surface area contributed by atoms with E-state index in [0.717, 1.165) is 11.6 Å². The van der Waals surface area contributed by atoms with Crippen molar-refractivity contribution in [3.05, 3.63) is 52.6 Å². The lowest BCUT2D eigenvalue weighted by atomic mass is 10.1. The lowest BCUT2D eigenvalue weighted by Gasteiger charge is -2.35. The summed E-state index contributed by atoms with van der Waals surface area (Å²) >= 11 is 6.03. The van der Waals surface area contributed by atoms with E-state index in [9.17, 15) is 9.18 Å². The number of piperazine rings is 1. The molecule has 1 aliphatic heterocycles. The predicted molar refractivity (Wildman–Crippen MR) is 99.4 cm³/mol. The van der Waals surface area contributed by atoms with E-state index in [-0.39, 0.29) is 22.9 Å². The number of amides is 1. The fourth-order valence-electron chi connectivity index (χ4n) is 3.20. The summed E-state index contributed by atoms with van der Waals surface area (Å²) in [5, 5.41) is 12.9. The quantitative estimate of drug-likeness (QED) is 0.687. The third-order valence-corrected chi connectivity index (χ3v) is 5.10. The van der Waals surface area contributed by atoms with Gasteiger partial charge < -0.3 is 9.80 Å². The van der Waals surface area contributed by atoms with Crippen LogP contribution in [-0.4, -0.2) is 56.8 Å². The smallest absolute Gasteiger partial charge is 0.227 e. The Morgan fingerprint density at radius 3 is 2.67 bits per heavy atom. The van der Waals surface area contributed by atoms with Gasteiger partial charge in [-0.2, -0.15) is 4.52 Å². The summed E-state index contributed by atoms with van der Waals surface area (Å²) in [7, 11) is 0. The normalized spacial score (nSPS) is 14.8. The van der Waals surface area contributed by atoms with Gasteiger partial charge in [-0.3, -0.25) is 4.79 Å². The molecule has 1 fully saturated rings. The third kappa shape index (κ3) is 3.44. The molecule has 4 rings (SSSR count). The molecule has 1 saturated heterocycles. The molecule has 0 atom stereocenters. The van der Waals surface area contributed by atoms with Gasteiger partial charge in [0.05, 0.1) is 6.42 Å². The molecule has 9 heteroatoms. The summed E-state index contributed by atoms with van der Waals surface area (Å²) in [6.07, 6.45) is -0.0321. The van der Waals surface area contributed by atoms with Crippen molar-refractivity contribution < 1.29 is 9.18 Å². The topological polar surface area (TPSA) is 66.6 Å². The van der Waals surface area contributed by atoms with E-state index in [1.54, 1.807) is 15.5 Å². The number of aryl methyl sites for hydroxylation is 1. The molecule has 0 unspecified atom stereocenters. The molecule has 7 nitrogen and oxygen atoms in total. The van der Waals surface area contributed by atoms with E-state index < -0.39 is 5.82 Å². The number of hydrogen-bond acceptors (Lipinski definition) is 5. The molecule has 0 radical (unpaired) electrons. The van der Waals surface area contributed by atoms with Crippen molar-refractivity contribution in [3.63, 3.8) is 0 Å². The maximum atomic E-state index is 13.9. The molecule has 1 aliphatic rings. The van der Waals surface area contributed by atoms with Crippen molar-refractivity contribution in [2.75, 3.05) is 31.1 Å². The number of rotatable bonds is 3. The van der Waals surface area contributed by atoms with Crippen LogP contribution >= 0.6 is 11.6 Å². The Labute approximate surface area is 160 Å². The first-order valence-electron chi connectivity index (χ1n) is 8.67. The molecular formula is C18H18ClFN6O. The summed E-state index contributed by atoms with van der Waals surface area (Å²) in [5.74, 6) is 0.966. The first-order chi connectivity index (χ1) is 13.0. The first kappa shape index (κ1) is 17.7. The van der Waals surface area contributed by atoms with Crippen LogP contribution in [-0.2, 0) is 11.2 Å². The number of fused-ring (bicyclic) bond motifs is 1. The summed E-state index contributed by atoms with van der Waals surface area (Å²) in [5.41, 5.74) is 0.952. The van der Waals surface area contributed by atoms with Crippen LogP contribution in [0.1, 0.15) is 11.4 Å². The number of carbonyl (C=O) groups excluding carboxylic acids is 1. The third-order valence-electron chi connectivity index (χ3n) is 4.75. The van der Waals surface area contributed by atoms with E-state index in [4.69, 9.17) is 11.6 Å². The Kier molecular flexibility index (Phi) is 4.65. The first-order valence-corrected chi connectivity index (χ1v) is 9.05. The molecule has 0 saturated carbocycles. The zero-order chi connectivity index (χ0) is 19.0. The van der Waals surface area contributed by atoms with Crippen LogP contribution in [0.25, 0.3) is 5.65 Å². The minimum Gasteiger partial charge on any atom is -0.352 e. The molecule has 0 N–H and O–H groups in total. The molecule has 1 amide bonds. The summed E-state index contributed by atoms with van der Waals surface area (Å²) in [6, 6.07) is 8.23. The predicted octanol–water partition coefficient (Wildman–Crippen LogP) is 2.12. The van der Waals surface area contributed by atoms with Gasteiger partial charge in [-0.15, -0.1) is 15.3 Å². The van der Waals surface area contributed by atoms with E-state index >= 15 is 0 Å². The summed E-state index contributed by atoms with van der Waals surface area (Å²) in [6.45, 7) is 4.24. The molecule has 1 aromatic carbocycles. The Morgan fingerprint density at radius 1 is 1.15 bits per heavy atom. The largest absolute Gasteiger partial charge is 0.352 e. The number of anilines is 1. The molecule has 0 aliphatic carbocycles. The van der Waals surface area contributed by atoms with Gasteiger partial charge in [0.15, 0.2) is 11.5 Å². The molecule has 0 spiro atoms. The molecule has 0 bridgehead atoms. The lowest BCUT2D eigenvalue weighted by molar-refractivity contribution is -0.130. The highest BCUT2D eigenvalue weighted by atomic mass is 35.5. The lowest BCUT2D eigenvalue weighted by Crippen LogP contribution is -2.49. The molecule has 27 heavy (non-hydrogen) atoms. The second-order valence-electron chi connectivity index (χ2n) is 6.45. The Hall–Kier alpha value is -2.74. The van der Waals surface area contributed by atoms with Gasteiger partial charge >= 0.3 is 0 Å². The number of benzene rings is 1. The highest BCUT2D eigenvalue weighted by molar-refractivity contribution is 6.31. The number of halogens is 2. The maximum absolute atomic E-state index is 13.9. The van der Waals surface area contributed by atoms with Crippen molar-refractivity contribution in [1.29, 1.82) is 0 Å². The Morgan fingerprint density at radius 2 is 1.93 bits per heavy atom. The van der Waals surface area contributed by atoms with Crippen LogP contribution in [0.2, 0.25) is 5.02 Å². The van der Waals surface area contributed by atoms with E-state index in [1.165, 1.54) is 12.1 Å². The average Bonchev–Trinajstić information content (AvgIpc) is 3.05. The van der Waals surface area contributed by atoms with Gasteiger partial charge in [0, 0.05) is 36.8 Å². The van der Waals surface area contributed by atoms with Crippen molar-refractivity contribution in [2.45, 2.75) is 13.3 Å². The average molecular weight is 389 g/mol. The number of hydrogen-bond donors (Lipinski definition) is 0. The van der Waals surface area contributed by atoms with E-state index in [1.807, 2.05) is 19.1 Å². The molecule has 140 valence electrons. The minimum atomic E-state index is -0.448. The molecule has 3 aromatic rings. The van der Waals surface area contributed by atoms with Crippen molar-refractivity contribution in [3.8, 4) is 0 Å². The maximum Gasteiger partial charge on any atom is 0.227 e. The van der Waals surface area contributed by atoms with E-state index in [2.05, 4.69) is 20.2 Å². The van der Waals surface area contributed by atoms with Crippen molar-refractivity contribution in [1.82, 2.24) is 24.7 Å². The van der Waals surface area contributed by atoms with Gasteiger partial charge in [0.2, 0.25) is 5.91 Å². The van der Waals surface area contributed by atoms with Gasteiger partial charge in [-0.05, 0) is 31.2 Å². The van der Waals surface area contributed by atoms with Crippen LogP contribution in [0, 0.1) is 12.7 Å². The van der Waals surface area contributed by atoms with Crippen molar-refractivity contribution >= 4 is 29.0 Å². The van der Waals surface area contributed by atoms with Gasteiger partial charge in [0.25, 0.3) is 0 Å². The second-order valence-corrected chi connectivity index (χ2v) is 6.86. The van der Waals surface area contributed by atoms with E-state index in [0.29, 0.717) is 31.8 Å². The van der Waals surface area contributed by atoms with Crippen LogP contribution in [0.5, 0.6) is 0 Å². The van der Waals surface area contributed by atoms with Crippen molar-refractivity contribution in [2.24, 2.45) is 0 Å². The highest BCUT2D eigenvalue weighted by Crippen LogP contribution is 2.21. The number of nitrogens with zero attached hydrogens (tertiary/aromatic N) is 6. The fraction of sp³-hybridized carbons (Fsp3) is 0.333.